The topological polar surface area (TPSA) is 92.6 Å². The summed E-state index contributed by atoms with van der Waals surface area (Å²) in [5.74, 6) is -0.722. The predicted octanol–water partition coefficient (Wildman–Crippen LogP) is 3.64. The molecule has 1 N–H and O–H groups in total. The lowest BCUT2D eigenvalue weighted by Crippen LogP contribution is -2.30. The van der Waals surface area contributed by atoms with E-state index in [-0.39, 0.29) is 17.2 Å². The van der Waals surface area contributed by atoms with Crippen LogP contribution < -0.4 is 5.32 Å². The molecule has 0 aromatic heterocycles. The number of benzene rings is 2. The first-order chi connectivity index (χ1) is 12.4. The fourth-order valence-electron chi connectivity index (χ4n) is 2.71. The van der Waals surface area contributed by atoms with Gasteiger partial charge in [-0.1, -0.05) is 18.2 Å². The predicted molar refractivity (Wildman–Crippen MR) is 99.5 cm³/mol. The van der Waals surface area contributed by atoms with Crippen molar-refractivity contribution < 1.29 is 14.5 Å². The van der Waals surface area contributed by atoms with E-state index in [2.05, 4.69) is 5.32 Å². The molecule has 0 fully saturated rings. The van der Waals surface area contributed by atoms with E-state index >= 15 is 0 Å². The second-order valence-corrected chi connectivity index (χ2v) is 5.74. The number of anilines is 1. The van der Waals surface area contributed by atoms with E-state index in [1.165, 1.54) is 6.07 Å². The third kappa shape index (κ3) is 4.05. The summed E-state index contributed by atoms with van der Waals surface area (Å²) >= 11 is 0. The van der Waals surface area contributed by atoms with Crippen LogP contribution in [0.1, 0.15) is 40.1 Å². The molecule has 0 aliphatic heterocycles. The fraction of sp³-hybridized carbons (Fsp3) is 0.263. The van der Waals surface area contributed by atoms with Gasteiger partial charge in [0.05, 0.1) is 4.92 Å². The highest BCUT2D eigenvalue weighted by atomic mass is 16.6. The first kappa shape index (κ1) is 19.1. The van der Waals surface area contributed by atoms with Gasteiger partial charge in [-0.15, -0.1) is 0 Å². The Bertz CT molecular complexity index is 844. The number of amides is 2. The zero-order valence-corrected chi connectivity index (χ0v) is 15.0. The van der Waals surface area contributed by atoms with Crippen LogP contribution in [0, 0.1) is 17.0 Å². The van der Waals surface area contributed by atoms with Crippen molar-refractivity contribution in [3.05, 3.63) is 69.3 Å². The molecule has 2 rings (SSSR count). The molecule has 0 aliphatic carbocycles. The minimum absolute atomic E-state index is 0.0181. The first-order valence-electron chi connectivity index (χ1n) is 8.33. The third-order valence-electron chi connectivity index (χ3n) is 4.08. The highest BCUT2D eigenvalue weighted by Crippen LogP contribution is 2.24. The minimum Gasteiger partial charge on any atom is -0.339 e. The average molecular weight is 355 g/mol. The summed E-state index contributed by atoms with van der Waals surface area (Å²) in [5.41, 5.74) is 1.03. The number of nitro groups is 1. The molecule has 2 aromatic carbocycles. The number of nitrogens with one attached hydrogen (secondary N) is 1. The lowest BCUT2D eigenvalue weighted by atomic mass is 10.1. The zero-order valence-electron chi connectivity index (χ0n) is 15.0. The number of nitrogens with zero attached hydrogens (tertiary/aromatic N) is 2. The summed E-state index contributed by atoms with van der Waals surface area (Å²) in [7, 11) is 0. The van der Waals surface area contributed by atoms with Crippen molar-refractivity contribution in [1.82, 2.24) is 4.90 Å². The second-order valence-electron chi connectivity index (χ2n) is 5.74. The number of hydrogen-bond acceptors (Lipinski definition) is 4. The van der Waals surface area contributed by atoms with Crippen molar-refractivity contribution in [2.45, 2.75) is 20.8 Å². The van der Waals surface area contributed by atoms with Crippen molar-refractivity contribution in [2.24, 2.45) is 0 Å². The van der Waals surface area contributed by atoms with E-state index in [1.807, 2.05) is 13.8 Å². The molecule has 0 aliphatic rings. The lowest BCUT2D eigenvalue weighted by Gasteiger charge is -2.19. The first-order valence-corrected chi connectivity index (χ1v) is 8.33. The van der Waals surface area contributed by atoms with Crippen molar-refractivity contribution in [1.29, 1.82) is 0 Å². The Morgan fingerprint density at radius 2 is 1.77 bits per heavy atom. The van der Waals surface area contributed by atoms with Gasteiger partial charge in [0.15, 0.2) is 0 Å². The fourth-order valence-corrected chi connectivity index (χ4v) is 2.71. The molecule has 0 saturated heterocycles. The summed E-state index contributed by atoms with van der Waals surface area (Å²) in [6.07, 6.45) is 0. The molecule has 0 heterocycles. The number of para-hydroxylation sites is 1. The van der Waals surface area contributed by atoms with Crippen LogP contribution in [0.25, 0.3) is 0 Å². The van der Waals surface area contributed by atoms with Gasteiger partial charge in [-0.3, -0.25) is 19.7 Å². The van der Waals surface area contributed by atoms with Gasteiger partial charge in [0.2, 0.25) is 0 Å². The lowest BCUT2D eigenvalue weighted by molar-refractivity contribution is -0.385. The number of rotatable bonds is 6. The minimum atomic E-state index is -0.590. The summed E-state index contributed by atoms with van der Waals surface area (Å²) < 4.78 is 0. The van der Waals surface area contributed by atoms with Gasteiger partial charge < -0.3 is 10.2 Å². The Kier molecular flexibility index (Phi) is 6.06. The van der Waals surface area contributed by atoms with E-state index in [9.17, 15) is 19.7 Å². The highest BCUT2D eigenvalue weighted by molar-refractivity contribution is 6.08. The van der Waals surface area contributed by atoms with E-state index in [0.717, 1.165) is 0 Å². The molecule has 7 nitrogen and oxygen atoms in total. The molecular formula is C19H21N3O4. The number of carbonyl (C=O) groups is 2. The van der Waals surface area contributed by atoms with Crippen LogP contribution in [0.15, 0.2) is 42.5 Å². The monoisotopic (exact) mass is 355 g/mol. The smallest absolute Gasteiger partial charge is 0.285 e. The van der Waals surface area contributed by atoms with Crippen molar-refractivity contribution in [3.8, 4) is 0 Å². The Hall–Kier alpha value is -3.22. The van der Waals surface area contributed by atoms with E-state index in [1.54, 1.807) is 48.2 Å². The Morgan fingerprint density at radius 3 is 2.38 bits per heavy atom. The van der Waals surface area contributed by atoms with Crippen LogP contribution in [0.2, 0.25) is 0 Å². The van der Waals surface area contributed by atoms with Gasteiger partial charge in [0.1, 0.15) is 5.56 Å². The van der Waals surface area contributed by atoms with E-state index in [0.29, 0.717) is 29.9 Å². The van der Waals surface area contributed by atoms with E-state index in [4.69, 9.17) is 0 Å². The van der Waals surface area contributed by atoms with Gasteiger partial charge >= 0.3 is 0 Å². The van der Waals surface area contributed by atoms with Crippen LogP contribution in [0.5, 0.6) is 0 Å². The molecular weight excluding hydrogens is 334 g/mol. The molecule has 26 heavy (non-hydrogen) atoms. The maximum Gasteiger partial charge on any atom is 0.285 e. The summed E-state index contributed by atoms with van der Waals surface area (Å²) in [6.45, 7) is 6.54. The standard InChI is InChI=1S/C19H21N3O4/c1-4-21(5-2)19(24)14-9-7-10-15(12-14)20-18(23)16-11-6-8-13(3)17(16)22(25)26/h6-12H,4-5H2,1-3H3,(H,20,23). The van der Waals surface area contributed by atoms with Crippen molar-refractivity contribution >= 4 is 23.2 Å². The molecule has 2 aromatic rings. The Morgan fingerprint density at radius 1 is 1.12 bits per heavy atom. The van der Waals surface area contributed by atoms with Crippen molar-refractivity contribution in [2.75, 3.05) is 18.4 Å². The largest absolute Gasteiger partial charge is 0.339 e. The molecule has 0 radical (unpaired) electrons. The summed E-state index contributed by atoms with van der Waals surface area (Å²) in [6, 6.07) is 11.1. The molecule has 0 saturated carbocycles. The van der Waals surface area contributed by atoms with Crippen LogP contribution in [0.3, 0.4) is 0 Å². The van der Waals surface area contributed by atoms with Crippen molar-refractivity contribution in [3.63, 3.8) is 0 Å². The van der Waals surface area contributed by atoms with E-state index < -0.39 is 10.8 Å². The van der Waals surface area contributed by atoms with Gasteiger partial charge in [0.25, 0.3) is 17.5 Å². The Labute approximate surface area is 151 Å². The van der Waals surface area contributed by atoms with Crippen LogP contribution in [0.4, 0.5) is 11.4 Å². The molecule has 7 heteroatoms. The van der Waals surface area contributed by atoms with Crippen LogP contribution >= 0.6 is 0 Å². The summed E-state index contributed by atoms with van der Waals surface area (Å²) in [4.78, 5) is 37.3. The molecule has 0 atom stereocenters. The number of hydrogen-bond donors (Lipinski definition) is 1. The molecule has 2 amide bonds. The maximum absolute atomic E-state index is 12.5. The maximum atomic E-state index is 12.5. The zero-order chi connectivity index (χ0) is 19.3. The molecule has 0 bridgehead atoms. The molecule has 0 spiro atoms. The normalized spacial score (nSPS) is 10.3. The Balaban J connectivity index is 2.29. The highest BCUT2D eigenvalue weighted by Gasteiger charge is 2.22. The second kappa shape index (κ2) is 8.24. The molecule has 136 valence electrons. The van der Waals surface area contributed by atoms with Gasteiger partial charge in [0, 0.05) is 29.9 Å². The number of carbonyl (C=O) groups excluding carboxylic acids is 2. The number of aryl methyl sites for hydroxylation is 1. The number of nitro benzene ring substituents is 1. The quantitative estimate of drug-likeness (QED) is 0.632. The molecule has 0 unspecified atom stereocenters. The van der Waals surface area contributed by atoms with Gasteiger partial charge in [-0.25, -0.2) is 0 Å². The summed E-state index contributed by atoms with van der Waals surface area (Å²) in [5, 5.41) is 13.9. The third-order valence-corrected chi connectivity index (χ3v) is 4.08. The van der Waals surface area contributed by atoms with Crippen LogP contribution in [-0.2, 0) is 0 Å². The van der Waals surface area contributed by atoms with Crippen LogP contribution in [-0.4, -0.2) is 34.7 Å². The van der Waals surface area contributed by atoms with Gasteiger partial charge in [-0.2, -0.15) is 0 Å². The van der Waals surface area contributed by atoms with Gasteiger partial charge in [-0.05, 0) is 45.0 Å². The SMILES string of the molecule is CCN(CC)C(=O)c1cccc(NC(=O)c2cccc(C)c2[N+](=O)[O-])c1. The average Bonchev–Trinajstić information content (AvgIpc) is 2.62.